The molecule has 0 aromatic carbocycles. The number of likely N-dealkylation sites (tertiary alicyclic amines) is 1. The Morgan fingerprint density at radius 2 is 2.35 bits per heavy atom. The molecule has 1 aliphatic rings. The second-order valence-electron chi connectivity index (χ2n) is 5.30. The molecule has 0 radical (unpaired) electrons. The number of amides is 1. The highest BCUT2D eigenvalue weighted by Gasteiger charge is 2.21. The molecule has 5 nitrogen and oxygen atoms in total. The van der Waals surface area contributed by atoms with E-state index in [-0.39, 0.29) is 5.91 Å². The van der Waals surface area contributed by atoms with Gasteiger partial charge < -0.3 is 9.47 Å². The Labute approximate surface area is 124 Å². The molecule has 1 aromatic heterocycles. The molecule has 1 fully saturated rings. The number of hydrogen-bond donors (Lipinski definition) is 0. The highest BCUT2D eigenvalue weighted by atomic mass is 32.2. The molecule has 110 valence electrons. The van der Waals surface area contributed by atoms with Crippen molar-refractivity contribution >= 4 is 17.7 Å². The third kappa shape index (κ3) is 3.62. The Bertz CT molecular complexity index is 486. The molecule has 0 bridgehead atoms. The third-order valence-corrected chi connectivity index (χ3v) is 4.50. The van der Waals surface area contributed by atoms with Gasteiger partial charge in [0.2, 0.25) is 5.91 Å². The van der Waals surface area contributed by atoms with Crippen molar-refractivity contribution in [2.45, 2.75) is 38.4 Å². The number of aryl methyl sites for hydroxylation is 1. The summed E-state index contributed by atoms with van der Waals surface area (Å²) < 4.78 is 1.98. The van der Waals surface area contributed by atoms with E-state index in [9.17, 15) is 4.79 Å². The first-order valence-corrected chi connectivity index (χ1v) is 8.01. The summed E-state index contributed by atoms with van der Waals surface area (Å²) in [6.07, 6.45) is 4.15. The summed E-state index contributed by atoms with van der Waals surface area (Å²) >= 11 is 1.46. The third-order valence-electron chi connectivity index (χ3n) is 3.55. The van der Waals surface area contributed by atoms with Crippen molar-refractivity contribution in [3.63, 3.8) is 0 Å². The van der Waals surface area contributed by atoms with Crippen LogP contribution in [0.4, 0.5) is 0 Å². The van der Waals surface area contributed by atoms with Gasteiger partial charge in [0.25, 0.3) is 0 Å². The standard InChI is InChI=1S/C14H22N4OS/c1-4-7-18-12(3)15-16-14(18)20-10-13(19)17-8-5-6-11(2)9-17/h4,11H,1,5-10H2,2-3H3. The summed E-state index contributed by atoms with van der Waals surface area (Å²) in [4.78, 5) is 14.2. The molecule has 1 atom stereocenters. The van der Waals surface area contributed by atoms with Gasteiger partial charge in [-0.25, -0.2) is 0 Å². The molecule has 6 heteroatoms. The quantitative estimate of drug-likeness (QED) is 0.616. The normalized spacial score (nSPS) is 19.1. The fourth-order valence-corrected chi connectivity index (χ4v) is 3.34. The molecular weight excluding hydrogens is 272 g/mol. The minimum Gasteiger partial charge on any atom is -0.342 e. The zero-order chi connectivity index (χ0) is 14.5. The van der Waals surface area contributed by atoms with Crippen LogP contribution in [0.2, 0.25) is 0 Å². The number of rotatable bonds is 5. The highest BCUT2D eigenvalue weighted by Crippen LogP contribution is 2.20. The summed E-state index contributed by atoms with van der Waals surface area (Å²) in [5, 5.41) is 8.97. The number of piperidine rings is 1. The monoisotopic (exact) mass is 294 g/mol. The van der Waals surface area contributed by atoms with Crippen LogP contribution in [0.3, 0.4) is 0 Å². The number of allylic oxidation sites excluding steroid dienone is 1. The second-order valence-corrected chi connectivity index (χ2v) is 6.25. The number of carbonyl (C=O) groups is 1. The van der Waals surface area contributed by atoms with E-state index >= 15 is 0 Å². The Kier molecular flexibility index (Phi) is 5.23. The van der Waals surface area contributed by atoms with Crippen molar-refractivity contribution in [2.24, 2.45) is 5.92 Å². The van der Waals surface area contributed by atoms with Crippen LogP contribution in [-0.4, -0.2) is 44.4 Å². The van der Waals surface area contributed by atoms with Gasteiger partial charge in [0, 0.05) is 19.6 Å². The smallest absolute Gasteiger partial charge is 0.233 e. The van der Waals surface area contributed by atoms with Crippen LogP contribution in [0.5, 0.6) is 0 Å². The number of aromatic nitrogens is 3. The Morgan fingerprint density at radius 3 is 3.05 bits per heavy atom. The topological polar surface area (TPSA) is 51.0 Å². The summed E-state index contributed by atoms with van der Waals surface area (Å²) in [6.45, 7) is 10.3. The predicted molar refractivity (Wildman–Crippen MR) is 80.7 cm³/mol. The molecule has 1 aliphatic heterocycles. The zero-order valence-electron chi connectivity index (χ0n) is 12.2. The van der Waals surface area contributed by atoms with Gasteiger partial charge >= 0.3 is 0 Å². The van der Waals surface area contributed by atoms with E-state index in [2.05, 4.69) is 23.7 Å². The van der Waals surface area contributed by atoms with E-state index in [4.69, 9.17) is 0 Å². The maximum Gasteiger partial charge on any atom is 0.233 e. The van der Waals surface area contributed by atoms with Crippen LogP contribution >= 0.6 is 11.8 Å². The zero-order valence-corrected chi connectivity index (χ0v) is 13.0. The van der Waals surface area contributed by atoms with E-state index in [1.807, 2.05) is 22.5 Å². The predicted octanol–water partition coefficient (Wildman–Crippen LogP) is 2.12. The lowest BCUT2D eigenvalue weighted by molar-refractivity contribution is -0.130. The average molecular weight is 294 g/mol. The molecule has 0 aliphatic carbocycles. The Morgan fingerprint density at radius 1 is 1.55 bits per heavy atom. The van der Waals surface area contributed by atoms with Gasteiger partial charge in [-0.2, -0.15) is 0 Å². The lowest BCUT2D eigenvalue weighted by atomic mass is 10.0. The first kappa shape index (κ1) is 15.1. The summed E-state index contributed by atoms with van der Waals surface area (Å²) in [5.74, 6) is 2.10. The van der Waals surface area contributed by atoms with Crippen LogP contribution in [0.1, 0.15) is 25.6 Å². The van der Waals surface area contributed by atoms with Crippen molar-refractivity contribution < 1.29 is 4.79 Å². The fourth-order valence-electron chi connectivity index (χ4n) is 2.44. The fraction of sp³-hybridized carbons (Fsp3) is 0.643. The van der Waals surface area contributed by atoms with E-state index in [0.29, 0.717) is 18.2 Å². The Balaban J connectivity index is 1.91. The largest absolute Gasteiger partial charge is 0.342 e. The minimum absolute atomic E-state index is 0.201. The summed E-state index contributed by atoms with van der Waals surface area (Å²) in [7, 11) is 0. The van der Waals surface area contributed by atoms with Crippen molar-refractivity contribution in [1.82, 2.24) is 19.7 Å². The van der Waals surface area contributed by atoms with E-state index in [1.165, 1.54) is 18.2 Å². The molecule has 2 heterocycles. The lowest BCUT2D eigenvalue weighted by Crippen LogP contribution is -2.40. The van der Waals surface area contributed by atoms with Gasteiger partial charge in [0.1, 0.15) is 5.82 Å². The van der Waals surface area contributed by atoms with Crippen molar-refractivity contribution in [1.29, 1.82) is 0 Å². The molecule has 1 amide bonds. The van der Waals surface area contributed by atoms with Crippen LogP contribution in [-0.2, 0) is 11.3 Å². The molecule has 0 saturated carbocycles. The van der Waals surface area contributed by atoms with Gasteiger partial charge in [-0.1, -0.05) is 24.8 Å². The molecular formula is C14H22N4OS. The van der Waals surface area contributed by atoms with Crippen LogP contribution in [0.15, 0.2) is 17.8 Å². The first-order chi connectivity index (χ1) is 9.61. The van der Waals surface area contributed by atoms with E-state index in [1.54, 1.807) is 0 Å². The van der Waals surface area contributed by atoms with Gasteiger partial charge in [0.05, 0.1) is 5.75 Å². The van der Waals surface area contributed by atoms with Crippen molar-refractivity contribution in [2.75, 3.05) is 18.8 Å². The minimum atomic E-state index is 0.201. The summed E-state index contributed by atoms with van der Waals surface area (Å²) in [5.41, 5.74) is 0. The SMILES string of the molecule is C=CCn1c(C)nnc1SCC(=O)N1CCCC(C)C1. The molecule has 0 spiro atoms. The van der Waals surface area contributed by atoms with E-state index < -0.39 is 0 Å². The highest BCUT2D eigenvalue weighted by molar-refractivity contribution is 7.99. The molecule has 2 rings (SSSR count). The number of hydrogen-bond acceptors (Lipinski definition) is 4. The summed E-state index contributed by atoms with van der Waals surface area (Å²) in [6, 6.07) is 0. The maximum atomic E-state index is 12.2. The molecule has 0 N–H and O–H groups in total. The van der Waals surface area contributed by atoms with Crippen molar-refractivity contribution in [3.8, 4) is 0 Å². The molecule has 1 aromatic rings. The first-order valence-electron chi connectivity index (χ1n) is 7.03. The molecule has 20 heavy (non-hydrogen) atoms. The van der Waals surface area contributed by atoms with Gasteiger partial charge in [-0.05, 0) is 25.7 Å². The van der Waals surface area contributed by atoms with Crippen molar-refractivity contribution in [3.05, 3.63) is 18.5 Å². The van der Waals surface area contributed by atoms with Gasteiger partial charge in [-0.15, -0.1) is 16.8 Å². The Hall–Kier alpha value is -1.30. The maximum absolute atomic E-state index is 12.2. The number of carbonyl (C=O) groups excluding carboxylic acids is 1. The molecule has 1 saturated heterocycles. The van der Waals surface area contributed by atoms with Crippen LogP contribution in [0.25, 0.3) is 0 Å². The number of nitrogens with zero attached hydrogens (tertiary/aromatic N) is 4. The van der Waals surface area contributed by atoms with E-state index in [0.717, 1.165) is 30.5 Å². The molecule has 1 unspecified atom stereocenters. The average Bonchev–Trinajstić information content (AvgIpc) is 2.78. The van der Waals surface area contributed by atoms with Gasteiger partial charge in [0.15, 0.2) is 5.16 Å². The lowest BCUT2D eigenvalue weighted by Gasteiger charge is -2.30. The van der Waals surface area contributed by atoms with Crippen LogP contribution in [0, 0.1) is 12.8 Å². The van der Waals surface area contributed by atoms with Crippen LogP contribution < -0.4 is 0 Å². The van der Waals surface area contributed by atoms with Gasteiger partial charge in [-0.3, -0.25) is 4.79 Å². The number of thioether (sulfide) groups is 1. The second kappa shape index (κ2) is 6.92.